The highest BCUT2D eigenvalue weighted by molar-refractivity contribution is 6.07. The number of pyridine rings is 1. The molecule has 33 heavy (non-hydrogen) atoms. The number of benzene rings is 4. The summed E-state index contributed by atoms with van der Waals surface area (Å²) in [6.45, 7) is 0. The molecule has 4 aromatic carbocycles. The Balaban J connectivity index is 1.47. The Morgan fingerprint density at radius 2 is 1.12 bits per heavy atom. The van der Waals surface area contributed by atoms with E-state index in [2.05, 4.69) is 77.8 Å². The molecule has 3 nitrogen and oxygen atoms in total. The normalized spacial score (nSPS) is 11.0. The van der Waals surface area contributed by atoms with E-state index in [1.807, 2.05) is 36.4 Å². The Kier molecular flexibility index (Phi) is 4.49. The molecule has 0 fully saturated rings. The van der Waals surface area contributed by atoms with E-state index in [0.717, 1.165) is 44.2 Å². The molecule has 154 valence electrons. The Labute approximate surface area is 191 Å². The summed E-state index contributed by atoms with van der Waals surface area (Å²) >= 11 is 0. The summed E-state index contributed by atoms with van der Waals surface area (Å²) in [4.78, 5) is 4.08. The minimum atomic E-state index is 0.415. The first kappa shape index (κ1) is 19.0. The van der Waals surface area contributed by atoms with Crippen molar-refractivity contribution >= 4 is 21.9 Å². The van der Waals surface area contributed by atoms with E-state index < -0.39 is 0 Å². The first-order valence-electron chi connectivity index (χ1n) is 10.8. The number of hydrogen-bond acceptors (Lipinski definition) is 3. The third kappa shape index (κ3) is 3.44. The van der Waals surface area contributed by atoms with Crippen molar-refractivity contribution in [3.63, 3.8) is 0 Å². The number of aromatic nitrogens is 1. The van der Waals surface area contributed by atoms with Crippen LogP contribution in [0.5, 0.6) is 0 Å². The molecule has 0 saturated carbocycles. The van der Waals surface area contributed by atoms with E-state index in [1.165, 1.54) is 11.1 Å². The van der Waals surface area contributed by atoms with Gasteiger partial charge in [0.1, 0.15) is 22.9 Å². The maximum atomic E-state index is 9.18. The molecular weight excluding hydrogens is 404 g/mol. The van der Waals surface area contributed by atoms with Gasteiger partial charge in [0.25, 0.3) is 0 Å². The van der Waals surface area contributed by atoms with Gasteiger partial charge < -0.3 is 4.42 Å². The van der Waals surface area contributed by atoms with Crippen LogP contribution < -0.4 is 0 Å². The summed E-state index contributed by atoms with van der Waals surface area (Å²) in [5.41, 5.74) is 8.79. The van der Waals surface area contributed by atoms with Gasteiger partial charge in [-0.05, 0) is 75.8 Å². The van der Waals surface area contributed by atoms with Gasteiger partial charge in [-0.3, -0.25) is 0 Å². The Hall–Kier alpha value is -4.68. The lowest BCUT2D eigenvalue weighted by Crippen LogP contribution is -1.85. The quantitative estimate of drug-likeness (QED) is 0.292. The summed E-state index contributed by atoms with van der Waals surface area (Å²) in [6, 6.07) is 37.3. The van der Waals surface area contributed by atoms with Crippen molar-refractivity contribution in [1.29, 1.82) is 5.26 Å². The van der Waals surface area contributed by atoms with Gasteiger partial charge >= 0.3 is 0 Å². The van der Waals surface area contributed by atoms with Crippen LogP contribution in [-0.4, -0.2) is 4.98 Å². The van der Waals surface area contributed by atoms with Crippen LogP contribution in [0.2, 0.25) is 0 Å². The molecule has 0 atom stereocenters. The molecule has 0 aliphatic carbocycles. The van der Waals surface area contributed by atoms with E-state index in [9.17, 15) is 5.26 Å². The highest BCUT2D eigenvalue weighted by Crippen LogP contribution is 2.35. The minimum absolute atomic E-state index is 0.415. The lowest BCUT2D eigenvalue weighted by atomic mass is 9.97. The van der Waals surface area contributed by atoms with E-state index in [4.69, 9.17) is 4.42 Å². The molecule has 0 spiro atoms. The highest BCUT2D eigenvalue weighted by atomic mass is 16.3. The van der Waals surface area contributed by atoms with Crippen molar-refractivity contribution in [3.05, 3.63) is 115 Å². The molecule has 0 N–H and O–H groups in total. The second-order valence-electron chi connectivity index (χ2n) is 8.01. The number of rotatable bonds is 3. The predicted molar refractivity (Wildman–Crippen MR) is 133 cm³/mol. The second-order valence-corrected chi connectivity index (χ2v) is 8.01. The van der Waals surface area contributed by atoms with Crippen molar-refractivity contribution < 1.29 is 4.42 Å². The molecule has 0 unspecified atom stereocenters. The SMILES string of the molecule is N#Cc1cc(-c2cccc(-c3ccc4oc5ccc(-c6ccccc6)cc5c4c3)c2)ccn1. The van der Waals surface area contributed by atoms with Gasteiger partial charge in [0.05, 0.1) is 0 Å². The van der Waals surface area contributed by atoms with Crippen LogP contribution in [0.15, 0.2) is 114 Å². The van der Waals surface area contributed by atoms with Gasteiger partial charge in [0.2, 0.25) is 0 Å². The Morgan fingerprint density at radius 1 is 0.545 bits per heavy atom. The summed E-state index contributed by atoms with van der Waals surface area (Å²) in [5.74, 6) is 0. The zero-order valence-corrected chi connectivity index (χ0v) is 17.7. The maximum absolute atomic E-state index is 9.18. The average molecular weight is 422 g/mol. The molecule has 2 aromatic heterocycles. The van der Waals surface area contributed by atoms with Crippen LogP contribution in [0.3, 0.4) is 0 Å². The molecule has 3 heteroatoms. The summed E-state index contributed by atoms with van der Waals surface area (Å²) in [6.07, 6.45) is 1.68. The summed E-state index contributed by atoms with van der Waals surface area (Å²) < 4.78 is 6.12. The van der Waals surface area contributed by atoms with Crippen molar-refractivity contribution in [2.75, 3.05) is 0 Å². The molecule has 6 rings (SSSR count). The van der Waals surface area contributed by atoms with Gasteiger partial charge in [-0.25, -0.2) is 4.98 Å². The zero-order valence-electron chi connectivity index (χ0n) is 17.7. The molecule has 6 aromatic rings. The molecule has 0 amide bonds. The van der Waals surface area contributed by atoms with Crippen molar-refractivity contribution in [2.45, 2.75) is 0 Å². The number of nitriles is 1. The minimum Gasteiger partial charge on any atom is -0.456 e. The van der Waals surface area contributed by atoms with Crippen molar-refractivity contribution in [1.82, 2.24) is 4.98 Å². The van der Waals surface area contributed by atoms with E-state index in [-0.39, 0.29) is 0 Å². The molecule has 0 bridgehead atoms. The molecular formula is C30H18N2O. The standard InChI is InChI=1S/C30H18N2O/c31-19-26-16-25(13-14-32-26)22-8-4-7-21(15-22)24-10-12-30-28(18-24)27-17-23(9-11-29(27)33-30)20-5-2-1-3-6-20/h1-18H. The summed E-state index contributed by atoms with van der Waals surface area (Å²) in [5, 5.41) is 11.4. The monoisotopic (exact) mass is 422 g/mol. The van der Waals surface area contributed by atoms with Crippen LogP contribution in [0.4, 0.5) is 0 Å². The molecule has 0 aliphatic rings. The number of hydrogen-bond donors (Lipinski definition) is 0. The largest absolute Gasteiger partial charge is 0.456 e. The summed E-state index contributed by atoms with van der Waals surface area (Å²) in [7, 11) is 0. The van der Waals surface area contributed by atoms with Crippen LogP contribution >= 0.6 is 0 Å². The number of fused-ring (bicyclic) bond motifs is 3. The zero-order chi connectivity index (χ0) is 22.2. The van der Waals surface area contributed by atoms with Crippen LogP contribution in [0, 0.1) is 11.3 Å². The van der Waals surface area contributed by atoms with Crippen molar-refractivity contribution in [3.8, 4) is 39.4 Å². The predicted octanol–water partition coefficient (Wildman–Crippen LogP) is 7.85. The molecule has 2 heterocycles. The van der Waals surface area contributed by atoms with E-state index >= 15 is 0 Å². The first-order chi connectivity index (χ1) is 16.3. The van der Waals surface area contributed by atoms with Crippen molar-refractivity contribution in [2.24, 2.45) is 0 Å². The average Bonchev–Trinajstić information content (AvgIpc) is 3.26. The fourth-order valence-electron chi connectivity index (χ4n) is 4.32. The third-order valence-electron chi connectivity index (χ3n) is 5.98. The number of furan rings is 1. The van der Waals surface area contributed by atoms with Gasteiger partial charge in [-0.1, -0.05) is 60.7 Å². The highest BCUT2D eigenvalue weighted by Gasteiger charge is 2.11. The topological polar surface area (TPSA) is 49.8 Å². The van der Waals surface area contributed by atoms with Gasteiger partial charge in [0, 0.05) is 17.0 Å². The van der Waals surface area contributed by atoms with Gasteiger partial charge in [-0.2, -0.15) is 5.26 Å². The van der Waals surface area contributed by atoms with Gasteiger partial charge in [-0.15, -0.1) is 0 Å². The Morgan fingerprint density at radius 3 is 1.79 bits per heavy atom. The smallest absolute Gasteiger partial charge is 0.141 e. The van der Waals surface area contributed by atoms with Gasteiger partial charge in [0.15, 0.2) is 0 Å². The molecule has 0 saturated heterocycles. The van der Waals surface area contributed by atoms with E-state index in [1.54, 1.807) is 6.20 Å². The lowest BCUT2D eigenvalue weighted by Gasteiger charge is -2.07. The van der Waals surface area contributed by atoms with Crippen LogP contribution in [0.25, 0.3) is 55.3 Å². The second kappa shape index (κ2) is 7.78. The molecule has 0 aliphatic heterocycles. The maximum Gasteiger partial charge on any atom is 0.141 e. The Bertz CT molecular complexity index is 1670. The first-order valence-corrected chi connectivity index (χ1v) is 10.8. The fraction of sp³-hybridized carbons (Fsp3) is 0. The third-order valence-corrected chi connectivity index (χ3v) is 5.98. The van der Waals surface area contributed by atoms with E-state index in [0.29, 0.717) is 5.69 Å². The molecule has 0 radical (unpaired) electrons. The number of nitrogens with zero attached hydrogens (tertiary/aromatic N) is 2. The fourth-order valence-corrected chi connectivity index (χ4v) is 4.32. The van der Waals surface area contributed by atoms with Crippen LogP contribution in [0.1, 0.15) is 5.69 Å². The van der Waals surface area contributed by atoms with Crippen LogP contribution in [-0.2, 0) is 0 Å². The lowest BCUT2D eigenvalue weighted by molar-refractivity contribution is 0.669.